The van der Waals surface area contributed by atoms with Crippen LogP contribution in [0.2, 0.25) is 0 Å². The lowest BCUT2D eigenvalue weighted by Crippen LogP contribution is -2.42. The standard InChI is InChI=1S/C15H23NO2/c1-5-12(3)10-14(6-2)18-15-8-7-9-16(11-15)13(4)17/h5-6,10,15H,1,7-9,11H2,2-4H3/b12-10-,14-6+. The quantitative estimate of drug-likeness (QED) is 0.566. The molecular formula is C15H23NO2. The lowest BCUT2D eigenvalue weighted by Gasteiger charge is -2.32. The van der Waals surface area contributed by atoms with Gasteiger partial charge in [0.15, 0.2) is 0 Å². The van der Waals surface area contributed by atoms with E-state index in [0.717, 1.165) is 30.7 Å². The maximum absolute atomic E-state index is 11.4. The van der Waals surface area contributed by atoms with E-state index in [9.17, 15) is 4.79 Å². The third-order valence-corrected chi connectivity index (χ3v) is 3.10. The van der Waals surface area contributed by atoms with Crippen LogP contribution in [0.3, 0.4) is 0 Å². The summed E-state index contributed by atoms with van der Waals surface area (Å²) in [5.74, 6) is 0.978. The van der Waals surface area contributed by atoms with Crippen LogP contribution in [0.5, 0.6) is 0 Å². The van der Waals surface area contributed by atoms with E-state index in [2.05, 4.69) is 6.58 Å². The summed E-state index contributed by atoms with van der Waals surface area (Å²) in [6, 6.07) is 0. The number of allylic oxidation sites excluding steroid dienone is 4. The van der Waals surface area contributed by atoms with E-state index in [4.69, 9.17) is 4.74 Å². The Morgan fingerprint density at radius 2 is 2.17 bits per heavy atom. The molecule has 1 aliphatic rings. The highest BCUT2D eigenvalue weighted by Crippen LogP contribution is 2.17. The monoisotopic (exact) mass is 249 g/mol. The molecule has 1 aliphatic heterocycles. The first-order valence-electron chi connectivity index (χ1n) is 6.46. The van der Waals surface area contributed by atoms with Crippen molar-refractivity contribution in [1.82, 2.24) is 4.90 Å². The molecule has 1 amide bonds. The Balaban J connectivity index is 2.60. The number of likely N-dealkylation sites (tertiary alicyclic amines) is 1. The molecule has 0 bridgehead atoms. The molecule has 0 aliphatic carbocycles. The van der Waals surface area contributed by atoms with Gasteiger partial charge in [-0.3, -0.25) is 4.79 Å². The number of piperidine rings is 1. The Labute approximate surface area is 110 Å². The molecule has 0 aromatic rings. The average Bonchev–Trinajstić information content (AvgIpc) is 2.38. The minimum atomic E-state index is 0.0997. The van der Waals surface area contributed by atoms with Gasteiger partial charge in [0.1, 0.15) is 11.9 Å². The van der Waals surface area contributed by atoms with Crippen LogP contribution >= 0.6 is 0 Å². The lowest BCUT2D eigenvalue weighted by molar-refractivity contribution is -0.132. The molecule has 0 aromatic heterocycles. The van der Waals surface area contributed by atoms with Gasteiger partial charge in [-0.1, -0.05) is 12.7 Å². The Morgan fingerprint density at radius 1 is 1.44 bits per heavy atom. The van der Waals surface area contributed by atoms with Gasteiger partial charge in [-0.05, 0) is 44.4 Å². The second-order valence-electron chi connectivity index (χ2n) is 4.63. The van der Waals surface area contributed by atoms with Crippen LogP contribution in [0.1, 0.15) is 33.6 Å². The third kappa shape index (κ3) is 4.40. The molecule has 1 atom stereocenters. The summed E-state index contributed by atoms with van der Waals surface area (Å²) in [5.41, 5.74) is 1.07. The molecule has 0 N–H and O–H groups in total. The molecule has 1 saturated heterocycles. The van der Waals surface area contributed by atoms with E-state index in [-0.39, 0.29) is 12.0 Å². The highest BCUT2D eigenvalue weighted by atomic mass is 16.5. The fraction of sp³-hybridized carbons (Fsp3) is 0.533. The number of carbonyl (C=O) groups excluding carboxylic acids is 1. The number of ether oxygens (including phenoxy) is 1. The van der Waals surface area contributed by atoms with Crippen LogP contribution in [0.25, 0.3) is 0 Å². The molecule has 0 saturated carbocycles. The predicted octanol–water partition coefficient (Wildman–Crippen LogP) is 3.05. The van der Waals surface area contributed by atoms with Crippen LogP contribution in [0, 0.1) is 0 Å². The smallest absolute Gasteiger partial charge is 0.219 e. The molecule has 1 rings (SSSR count). The van der Waals surface area contributed by atoms with E-state index in [1.807, 2.05) is 30.9 Å². The second kappa shape index (κ2) is 7.04. The zero-order valence-corrected chi connectivity index (χ0v) is 11.6. The van der Waals surface area contributed by atoms with Gasteiger partial charge in [-0.15, -0.1) is 0 Å². The van der Waals surface area contributed by atoms with Gasteiger partial charge in [0.05, 0.1) is 6.54 Å². The number of hydrogen-bond donors (Lipinski definition) is 0. The fourth-order valence-electron chi connectivity index (χ4n) is 1.98. The van der Waals surface area contributed by atoms with Crippen LogP contribution in [0.15, 0.2) is 36.1 Å². The van der Waals surface area contributed by atoms with Crippen molar-refractivity contribution in [2.75, 3.05) is 13.1 Å². The fourth-order valence-corrected chi connectivity index (χ4v) is 1.98. The zero-order chi connectivity index (χ0) is 13.5. The van der Waals surface area contributed by atoms with Gasteiger partial charge in [0.2, 0.25) is 5.91 Å². The Hall–Kier alpha value is -1.51. The van der Waals surface area contributed by atoms with Crippen molar-refractivity contribution in [2.24, 2.45) is 0 Å². The van der Waals surface area contributed by atoms with Gasteiger partial charge < -0.3 is 9.64 Å². The zero-order valence-electron chi connectivity index (χ0n) is 11.6. The molecule has 0 aromatic carbocycles. The predicted molar refractivity (Wildman–Crippen MR) is 74.1 cm³/mol. The van der Waals surface area contributed by atoms with Crippen molar-refractivity contribution in [2.45, 2.75) is 39.7 Å². The largest absolute Gasteiger partial charge is 0.489 e. The summed E-state index contributed by atoms with van der Waals surface area (Å²) < 4.78 is 5.94. The molecule has 0 spiro atoms. The van der Waals surface area contributed by atoms with Crippen LogP contribution in [-0.2, 0) is 9.53 Å². The van der Waals surface area contributed by atoms with Gasteiger partial charge in [-0.2, -0.15) is 0 Å². The molecule has 0 radical (unpaired) electrons. The Kier molecular flexibility index (Phi) is 5.69. The van der Waals surface area contributed by atoms with Crippen LogP contribution in [0.4, 0.5) is 0 Å². The summed E-state index contributed by atoms with van der Waals surface area (Å²) in [7, 11) is 0. The van der Waals surface area contributed by atoms with Gasteiger partial charge in [0.25, 0.3) is 0 Å². The number of amides is 1. The first-order valence-corrected chi connectivity index (χ1v) is 6.46. The highest BCUT2D eigenvalue weighted by molar-refractivity contribution is 5.73. The SMILES string of the molecule is C=C/C(C)=C\C(=C/C)OC1CCCN(C(C)=O)C1. The van der Waals surface area contributed by atoms with Crippen LogP contribution < -0.4 is 0 Å². The van der Waals surface area contributed by atoms with Crippen molar-refractivity contribution in [1.29, 1.82) is 0 Å². The van der Waals surface area contributed by atoms with Crippen molar-refractivity contribution >= 4 is 5.91 Å². The van der Waals surface area contributed by atoms with Gasteiger partial charge in [-0.25, -0.2) is 0 Å². The molecular weight excluding hydrogens is 226 g/mol. The van der Waals surface area contributed by atoms with E-state index in [1.54, 1.807) is 13.0 Å². The Morgan fingerprint density at radius 3 is 2.72 bits per heavy atom. The third-order valence-electron chi connectivity index (χ3n) is 3.10. The summed E-state index contributed by atoms with van der Waals surface area (Å²) in [4.78, 5) is 13.2. The lowest BCUT2D eigenvalue weighted by atomic mass is 10.1. The molecule has 3 heteroatoms. The van der Waals surface area contributed by atoms with E-state index < -0.39 is 0 Å². The number of nitrogens with zero attached hydrogens (tertiary/aromatic N) is 1. The average molecular weight is 249 g/mol. The van der Waals surface area contributed by atoms with E-state index in [1.165, 1.54) is 0 Å². The van der Waals surface area contributed by atoms with Crippen LogP contribution in [-0.4, -0.2) is 30.0 Å². The molecule has 3 nitrogen and oxygen atoms in total. The molecule has 1 fully saturated rings. The van der Waals surface area contributed by atoms with E-state index >= 15 is 0 Å². The topological polar surface area (TPSA) is 29.5 Å². The molecule has 100 valence electrons. The Bertz CT molecular complexity index is 369. The van der Waals surface area contributed by atoms with Gasteiger partial charge >= 0.3 is 0 Å². The van der Waals surface area contributed by atoms with Crippen molar-refractivity contribution in [3.8, 4) is 0 Å². The van der Waals surface area contributed by atoms with Crippen molar-refractivity contribution < 1.29 is 9.53 Å². The number of carbonyl (C=O) groups is 1. The maximum Gasteiger partial charge on any atom is 0.219 e. The van der Waals surface area contributed by atoms with Crippen molar-refractivity contribution in [3.05, 3.63) is 36.1 Å². The van der Waals surface area contributed by atoms with Gasteiger partial charge in [0, 0.05) is 13.5 Å². The summed E-state index contributed by atoms with van der Waals surface area (Å²) >= 11 is 0. The molecule has 1 unspecified atom stereocenters. The molecule has 18 heavy (non-hydrogen) atoms. The number of rotatable bonds is 4. The van der Waals surface area contributed by atoms with Crippen molar-refractivity contribution in [3.63, 3.8) is 0 Å². The highest BCUT2D eigenvalue weighted by Gasteiger charge is 2.22. The first-order chi connectivity index (χ1) is 8.56. The maximum atomic E-state index is 11.4. The second-order valence-corrected chi connectivity index (χ2v) is 4.63. The van der Waals surface area contributed by atoms with E-state index in [0.29, 0.717) is 6.54 Å². The summed E-state index contributed by atoms with van der Waals surface area (Å²) in [5, 5.41) is 0. The minimum absolute atomic E-state index is 0.0997. The first kappa shape index (κ1) is 14.6. The normalized spacial score (nSPS) is 21.7. The summed E-state index contributed by atoms with van der Waals surface area (Å²) in [6.45, 7) is 10.8. The minimum Gasteiger partial charge on any atom is -0.489 e. The summed E-state index contributed by atoms with van der Waals surface area (Å²) in [6.07, 6.45) is 7.82. The number of hydrogen-bond acceptors (Lipinski definition) is 2. The molecule has 1 heterocycles.